The molecule has 1 fully saturated rings. The lowest BCUT2D eigenvalue weighted by atomic mass is 10.1. The lowest BCUT2D eigenvalue weighted by Gasteiger charge is -2.31. The second-order valence-corrected chi connectivity index (χ2v) is 8.26. The zero-order chi connectivity index (χ0) is 18.3. The molecule has 2 aliphatic heterocycles. The van der Waals surface area contributed by atoms with Crippen LogP contribution in [-0.2, 0) is 10.0 Å². The fourth-order valence-electron chi connectivity index (χ4n) is 3.30. The number of sulfonamides is 1. The monoisotopic (exact) mass is 380 g/mol. The maximum atomic E-state index is 12.8. The molecular weight excluding hydrogens is 360 g/mol. The molecule has 0 N–H and O–H groups in total. The van der Waals surface area contributed by atoms with Crippen LogP contribution in [0.4, 0.5) is 0 Å². The average molecular weight is 380 g/mol. The van der Waals surface area contributed by atoms with Crippen molar-refractivity contribution in [2.24, 2.45) is 0 Å². The van der Waals surface area contributed by atoms with E-state index in [2.05, 4.69) is 5.16 Å². The Labute approximate surface area is 151 Å². The number of aromatic nitrogens is 1. The molecule has 2 aliphatic rings. The summed E-state index contributed by atoms with van der Waals surface area (Å²) in [7, 11) is -3.60. The first-order valence-corrected chi connectivity index (χ1v) is 9.88. The largest absolute Gasteiger partial charge is 0.490 e. The summed E-state index contributed by atoms with van der Waals surface area (Å²) in [5.41, 5.74) is 0.390. The summed E-state index contributed by atoms with van der Waals surface area (Å²) in [6.07, 6.45) is 1.17. The highest BCUT2D eigenvalue weighted by atomic mass is 32.2. The maximum Gasteiger partial charge on any atom is 0.248 e. The summed E-state index contributed by atoms with van der Waals surface area (Å²) in [5.74, 6) is 2.39. The van der Waals surface area contributed by atoms with Gasteiger partial charge in [0.15, 0.2) is 17.3 Å². The number of fused-ring (bicyclic) bond motifs is 1. The molecule has 1 saturated heterocycles. The van der Waals surface area contributed by atoms with E-state index in [-0.39, 0.29) is 17.8 Å². The van der Waals surface area contributed by atoms with Crippen LogP contribution in [0.2, 0.25) is 0 Å². The number of hydrogen-bond donors (Lipinski definition) is 0. The Bertz CT molecular complexity index is 896. The molecule has 0 bridgehead atoms. The van der Waals surface area contributed by atoms with E-state index in [0.29, 0.717) is 54.6 Å². The van der Waals surface area contributed by atoms with Gasteiger partial charge in [0.1, 0.15) is 22.4 Å². The summed E-state index contributed by atoms with van der Waals surface area (Å²) >= 11 is 0. The van der Waals surface area contributed by atoms with Crippen LogP contribution in [-0.4, -0.2) is 43.9 Å². The topological polar surface area (TPSA) is 91.1 Å². The van der Waals surface area contributed by atoms with Gasteiger partial charge in [-0.25, -0.2) is 8.42 Å². The Morgan fingerprint density at radius 2 is 1.88 bits per heavy atom. The SMILES string of the molecule is Cc1noc(C)c1S(=O)(=O)N1CCC(Oc2ccc3c(c2)OCO3)CC1. The molecule has 0 aliphatic carbocycles. The number of aryl methyl sites for hydroxylation is 2. The number of nitrogens with zero attached hydrogens (tertiary/aromatic N) is 2. The van der Waals surface area contributed by atoms with Gasteiger partial charge in [-0.05, 0) is 38.8 Å². The Balaban J connectivity index is 1.41. The van der Waals surface area contributed by atoms with Crippen LogP contribution in [0.3, 0.4) is 0 Å². The number of hydrogen-bond acceptors (Lipinski definition) is 7. The van der Waals surface area contributed by atoms with Gasteiger partial charge in [-0.1, -0.05) is 5.16 Å². The third-order valence-corrected chi connectivity index (χ3v) is 6.76. The van der Waals surface area contributed by atoms with Gasteiger partial charge in [0.2, 0.25) is 16.8 Å². The van der Waals surface area contributed by atoms with Crippen LogP contribution in [0.15, 0.2) is 27.6 Å². The van der Waals surface area contributed by atoms with Gasteiger partial charge in [-0.15, -0.1) is 0 Å². The van der Waals surface area contributed by atoms with E-state index in [1.165, 1.54) is 4.31 Å². The van der Waals surface area contributed by atoms with Crippen LogP contribution in [0.25, 0.3) is 0 Å². The van der Waals surface area contributed by atoms with Gasteiger partial charge in [0, 0.05) is 19.2 Å². The molecule has 26 heavy (non-hydrogen) atoms. The lowest BCUT2D eigenvalue weighted by Crippen LogP contribution is -2.42. The third-order valence-electron chi connectivity index (χ3n) is 4.61. The number of ether oxygens (including phenoxy) is 3. The highest BCUT2D eigenvalue weighted by molar-refractivity contribution is 7.89. The fraction of sp³-hybridized carbons (Fsp3) is 0.471. The number of benzene rings is 1. The summed E-state index contributed by atoms with van der Waals surface area (Å²) in [6.45, 7) is 4.25. The number of piperidine rings is 1. The van der Waals surface area contributed by atoms with Gasteiger partial charge in [0.05, 0.1) is 0 Å². The van der Waals surface area contributed by atoms with E-state index < -0.39 is 10.0 Å². The summed E-state index contributed by atoms with van der Waals surface area (Å²) in [5, 5.41) is 3.75. The molecule has 140 valence electrons. The minimum atomic E-state index is -3.60. The minimum Gasteiger partial charge on any atom is -0.490 e. The maximum absolute atomic E-state index is 12.8. The molecule has 9 heteroatoms. The molecule has 0 amide bonds. The Morgan fingerprint density at radius 1 is 1.15 bits per heavy atom. The predicted molar refractivity (Wildman–Crippen MR) is 91.0 cm³/mol. The quantitative estimate of drug-likeness (QED) is 0.803. The van der Waals surface area contributed by atoms with Crippen LogP contribution in [0.5, 0.6) is 17.2 Å². The van der Waals surface area contributed by atoms with E-state index in [1.807, 2.05) is 12.1 Å². The first-order valence-electron chi connectivity index (χ1n) is 8.44. The van der Waals surface area contributed by atoms with E-state index in [1.54, 1.807) is 19.9 Å². The van der Waals surface area contributed by atoms with Crippen molar-refractivity contribution < 1.29 is 27.2 Å². The summed E-state index contributed by atoms with van der Waals surface area (Å²) < 4.78 is 48.8. The molecule has 8 nitrogen and oxygen atoms in total. The Hall–Kier alpha value is -2.26. The van der Waals surface area contributed by atoms with Gasteiger partial charge < -0.3 is 18.7 Å². The van der Waals surface area contributed by atoms with E-state index in [9.17, 15) is 8.42 Å². The standard InChI is InChI=1S/C17H20N2O6S/c1-11-17(12(2)25-18-11)26(20,21)19-7-5-13(6-8-19)24-14-3-4-15-16(9-14)23-10-22-15/h3-4,9,13H,5-8,10H2,1-2H3. The van der Waals surface area contributed by atoms with Crippen molar-refractivity contribution in [2.45, 2.75) is 37.7 Å². The average Bonchev–Trinajstić information content (AvgIpc) is 3.21. The molecule has 0 radical (unpaired) electrons. The van der Waals surface area contributed by atoms with Crippen molar-refractivity contribution in [2.75, 3.05) is 19.9 Å². The normalized spacial score (nSPS) is 18.2. The summed E-state index contributed by atoms with van der Waals surface area (Å²) in [6, 6.07) is 5.45. The second kappa shape index (κ2) is 6.48. The third kappa shape index (κ3) is 3.01. The van der Waals surface area contributed by atoms with Crippen molar-refractivity contribution >= 4 is 10.0 Å². The first-order chi connectivity index (χ1) is 12.4. The molecule has 4 rings (SSSR count). The first kappa shape index (κ1) is 17.2. The highest BCUT2D eigenvalue weighted by Crippen LogP contribution is 2.36. The zero-order valence-electron chi connectivity index (χ0n) is 14.6. The van der Waals surface area contributed by atoms with E-state index in [0.717, 1.165) is 0 Å². The van der Waals surface area contributed by atoms with Gasteiger partial charge >= 0.3 is 0 Å². The lowest BCUT2D eigenvalue weighted by molar-refractivity contribution is 0.134. The molecule has 0 spiro atoms. The highest BCUT2D eigenvalue weighted by Gasteiger charge is 2.34. The van der Waals surface area contributed by atoms with Gasteiger partial charge in [-0.3, -0.25) is 0 Å². The smallest absolute Gasteiger partial charge is 0.248 e. The van der Waals surface area contributed by atoms with Crippen LogP contribution in [0.1, 0.15) is 24.3 Å². The van der Waals surface area contributed by atoms with Crippen molar-refractivity contribution in [1.29, 1.82) is 0 Å². The van der Waals surface area contributed by atoms with Gasteiger partial charge in [-0.2, -0.15) is 4.31 Å². The van der Waals surface area contributed by atoms with Crippen LogP contribution >= 0.6 is 0 Å². The minimum absolute atomic E-state index is 0.0495. The molecule has 0 saturated carbocycles. The van der Waals surface area contributed by atoms with Crippen molar-refractivity contribution in [1.82, 2.24) is 9.46 Å². The molecule has 0 atom stereocenters. The predicted octanol–water partition coefficient (Wildman–Crippen LogP) is 2.25. The molecule has 1 aromatic heterocycles. The molecule has 1 aromatic carbocycles. The van der Waals surface area contributed by atoms with Crippen molar-refractivity contribution in [3.63, 3.8) is 0 Å². The van der Waals surface area contributed by atoms with Crippen molar-refractivity contribution in [3.8, 4) is 17.2 Å². The Morgan fingerprint density at radius 3 is 2.58 bits per heavy atom. The Kier molecular flexibility index (Phi) is 4.28. The fourth-order valence-corrected chi connectivity index (χ4v) is 5.07. The molecule has 0 unspecified atom stereocenters. The molecule has 2 aromatic rings. The van der Waals surface area contributed by atoms with Crippen LogP contribution in [0, 0.1) is 13.8 Å². The summed E-state index contributed by atoms with van der Waals surface area (Å²) in [4.78, 5) is 0.174. The van der Waals surface area contributed by atoms with E-state index in [4.69, 9.17) is 18.7 Å². The van der Waals surface area contributed by atoms with E-state index >= 15 is 0 Å². The second-order valence-electron chi connectivity index (χ2n) is 6.39. The van der Waals surface area contributed by atoms with Crippen LogP contribution < -0.4 is 14.2 Å². The zero-order valence-corrected chi connectivity index (χ0v) is 15.4. The number of rotatable bonds is 4. The van der Waals surface area contributed by atoms with Crippen molar-refractivity contribution in [3.05, 3.63) is 29.7 Å². The molecule has 3 heterocycles. The van der Waals surface area contributed by atoms with Gasteiger partial charge in [0.25, 0.3) is 0 Å². The molecular formula is C17H20N2O6S.